The molecular weight excluding hydrogens is 270 g/mol. The first kappa shape index (κ1) is 13.3. The lowest BCUT2D eigenvalue weighted by Crippen LogP contribution is -2.35. The van der Waals surface area contributed by atoms with E-state index in [1.807, 2.05) is 12.1 Å². The van der Waals surface area contributed by atoms with E-state index >= 15 is 0 Å². The maximum Gasteiger partial charge on any atom is 0.116 e. The molecule has 104 valence electrons. The van der Waals surface area contributed by atoms with Crippen LogP contribution in [0.15, 0.2) is 42.6 Å². The van der Waals surface area contributed by atoms with Crippen LogP contribution in [0.2, 0.25) is 0 Å². The first-order valence-electron chi connectivity index (χ1n) is 6.98. The summed E-state index contributed by atoms with van der Waals surface area (Å²) in [4.78, 5) is 2.44. The molecule has 0 aliphatic carbocycles. The van der Waals surface area contributed by atoms with Gasteiger partial charge >= 0.3 is 0 Å². The van der Waals surface area contributed by atoms with Crippen LogP contribution in [0.5, 0.6) is 5.75 Å². The molecule has 3 heteroatoms. The van der Waals surface area contributed by atoms with Gasteiger partial charge in [-0.15, -0.1) is 12.4 Å². The summed E-state index contributed by atoms with van der Waals surface area (Å²) in [6.07, 6.45) is 4.93. The zero-order valence-electron chi connectivity index (χ0n) is 11.2. The van der Waals surface area contributed by atoms with Crippen molar-refractivity contribution in [3.05, 3.63) is 48.2 Å². The Kier molecular flexibility index (Phi) is 3.35. The van der Waals surface area contributed by atoms with Gasteiger partial charge in [0.05, 0.1) is 0 Å². The molecule has 2 aromatic carbocycles. The fraction of sp³-hybridized carbons (Fsp3) is 0.294. The lowest BCUT2D eigenvalue weighted by molar-refractivity contribution is 0.252. The molecule has 3 aliphatic heterocycles. The highest BCUT2D eigenvalue weighted by Gasteiger charge is 2.27. The first-order chi connectivity index (χ1) is 9.29. The number of phenolic OH excluding ortho intramolecular Hbond substituents is 1. The average Bonchev–Trinajstić information content (AvgIpc) is 2.48. The van der Waals surface area contributed by atoms with Crippen LogP contribution in [0.25, 0.3) is 16.3 Å². The van der Waals surface area contributed by atoms with Crippen LogP contribution in [-0.4, -0.2) is 23.1 Å². The van der Waals surface area contributed by atoms with Crippen LogP contribution in [0.4, 0.5) is 0 Å². The van der Waals surface area contributed by atoms with Crippen molar-refractivity contribution in [2.45, 2.75) is 12.8 Å². The lowest BCUT2D eigenvalue weighted by atomic mass is 9.82. The molecule has 5 rings (SSSR count). The summed E-state index contributed by atoms with van der Waals surface area (Å²) in [6, 6.07) is 12.1. The SMILES string of the molecule is Cl.Oc1ccc2cc(C3=CN4CCC3CC4)ccc2c1. The molecule has 0 saturated carbocycles. The summed E-state index contributed by atoms with van der Waals surface area (Å²) in [5.41, 5.74) is 2.83. The number of fused-ring (bicyclic) bond motifs is 3. The molecule has 0 amide bonds. The summed E-state index contributed by atoms with van der Waals surface area (Å²) in [5.74, 6) is 1.07. The summed E-state index contributed by atoms with van der Waals surface area (Å²) in [6.45, 7) is 2.44. The molecule has 0 radical (unpaired) electrons. The number of phenols is 1. The quantitative estimate of drug-likeness (QED) is 0.856. The van der Waals surface area contributed by atoms with Crippen molar-refractivity contribution in [1.29, 1.82) is 0 Å². The van der Waals surface area contributed by atoms with E-state index in [1.54, 1.807) is 6.07 Å². The minimum Gasteiger partial charge on any atom is -0.508 e. The van der Waals surface area contributed by atoms with Gasteiger partial charge in [-0.1, -0.05) is 18.2 Å². The molecule has 1 saturated heterocycles. The van der Waals surface area contributed by atoms with Crippen LogP contribution < -0.4 is 0 Å². The Morgan fingerprint density at radius 3 is 2.35 bits per heavy atom. The van der Waals surface area contributed by atoms with E-state index in [1.165, 1.54) is 42.5 Å². The Labute approximate surface area is 125 Å². The topological polar surface area (TPSA) is 23.5 Å². The van der Waals surface area contributed by atoms with Crippen molar-refractivity contribution in [3.63, 3.8) is 0 Å². The van der Waals surface area contributed by atoms with Gasteiger partial charge in [-0.05, 0) is 58.9 Å². The molecule has 2 nitrogen and oxygen atoms in total. The van der Waals surface area contributed by atoms with Gasteiger partial charge < -0.3 is 10.0 Å². The highest BCUT2D eigenvalue weighted by molar-refractivity contribution is 5.87. The second-order valence-corrected chi connectivity index (χ2v) is 5.64. The Hall–Kier alpha value is -1.67. The summed E-state index contributed by atoms with van der Waals surface area (Å²) >= 11 is 0. The van der Waals surface area contributed by atoms with Crippen molar-refractivity contribution in [2.24, 2.45) is 5.92 Å². The number of halogens is 1. The van der Waals surface area contributed by atoms with E-state index in [2.05, 4.69) is 29.3 Å². The molecule has 3 aliphatic rings. The Balaban J connectivity index is 0.00000121. The average molecular weight is 288 g/mol. The number of hydrogen-bond donors (Lipinski definition) is 1. The van der Waals surface area contributed by atoms with Crippen molar-refractivity contribution in [3.8, 4) is 5.75 Å². The van der Waals surface area contributed by atoms with Crippen molar-refractivity contribution >= 4 is 28.8 Å². The fourth-order valence-corrected chi connectivity index (χ4v) is 3.36. The molecule has 0 spiro atoms. The van der Waals surface area contributed by atoms with E-state index < -0.39 is 0 Å². The molecule has 1 fully saturated rings. The molecular formula is C17H18ClNO. The molecule has 1 N–H and O–H groups in total. The minimum atomic E-state index is 0. The molecule has 0 unspecified atom stereocenters. The molecule has 0 atom stereocenters. The summed E-state index contributed by atoms with van der Waals surface area (Å²) < 4.78 is 0. The monoisotopic (exact) mass is 287 g/mol. The maximum atomic E-state index is 9.52. The minimum absolute atomic E-state index is 0. The molecule has 3 heterocycles. The smallest absolute Gasteiger partial charge is 0.116 e. The molecule has 20 heavy (non-hydrogen) atoms. The van der Waals surface area contributed by atoms with Crippen LogP contribution in [-0.2, 0) is 0 Å². The third kappa shape index (κ3) is 2.14. The standard InChI is InChI=1S/C17H17NO.ClH/c19-16-4-3-13-9-15(2-1-14(13)10-16)17-11-18-7-5-12(17)6-8-18;/h1-4,9-12,19H,5-8H2;1H. The molecule has 0 aromatic heterocycles. The van der Waals surface area contributed by atoms with Crippen molar-refractivity contribution in [1.82, 2.24) is 4.90 Å². The number of nitrogens with zero attached hydrogens (tertiary/aromatic N) is 1. The number of allylic oxidation sites excluding steroid dienone is 1. The van der Waals surface area contributed by atoms with E-state index in [9.17, 15) is 5.11 Å². The van der Waals surface area contributed by atoms with Gasteiger partial charge in [0.2, 0.25) is 0 Å². The van der Waals surface area contributed by atoms with Gasteiger partial charge in [0.15, 0.2) is 0 Å². The normalized spacial score (nSPS) is 18.0. The van der Waals surface area contributed by atoms with Gasteiger partial charge in [0.25, 0.3) is 0 Å². The third-order valence-electron chi connectivity index (χ3n) is 4.45. The highest BCUT2D eigenvalue weighted by Crippen LogP contribution is 2.38. The predicted molar refractivity (Wildman–Crippen MR) is 85.1 cm³/mol. The highest BCUT2D eigenvalue weighted by atomic mass is 35.5. The van der Waals surface area contributed by atoms with E-state index in [-0.39, 0.29) is 12.4 Å². The second kappa shape index (κ2) is 5.02. The number of hydrogen-bond acceptors (Lipinski definition) is 2. The van der Waals surface area contributed by atoms with E-state index in [0.29, 0.717) is 5.75 Å². The van der Waals surface area contributed by atoms with Crippen LogP contribution in [0, 0.1) is 5.92 Å². The summed E-state index contributed by atoms with van der Waals surface area (Å²) in [5, 5.41) is 11.8. The number of benzene rings is 2. The Bertz CT molecular complexity index is 672. The third-order valence-corrected chi connectivity index (χ3v) is 4.45. The van der Waals surface area contributed by atoms with Crippen LogP contribution in [0.1, 0.15) is 18.4 Å². The first-order valence-corrected chi connectivity index (χ1v) is 6.98. The number of rotatable bonds is 1. The Morgan fingerprint density at radius 2 is 1.65 bits per heavy atom. The van der Waals surface area contributed by atoms with Crippen LogP contribution >= 0.6 is 12.4 Å². The predicted octanol–water partition coefficient (Wildman–Crippen LogP) is 4.03. The number of piperidine rings is 1. The summed E-state index contributed by atoms with van der Waals surface area (Å²) in [7, 11) is 0. The molecule has 2 aromatic rings. The maximum absolute atomic E-state index is 9.52. The van der Waals surface area contributed by atoms with Gasteiger partial charge in [-0.3, -0.25) is 0 Å². The van der Waals surface area contributed by atoms with Crippen molar-refractivity contribution < 1.29 is 5.11 Å². The zero-order valence-corrected chi connectivity index (χ0v) is 12.1. The van der Waals surface area contributed by atoms with Gasteiger partial charge in [-0.25, -0.2) is 0 Å². The Morgan fingerprint density at radius 1 is 0.950 bits per heavy atom. The van der Waals surface area contributed by atoms with Gasteiger partial charge in [0, 0.05) is 19.3 Å². The second-order valence-electron chi connectivity index (χ2n) is 5.64. The lowest BCUT2D eigenvalue weighted by Gasteiger charge is -2.39. The zero-order chi connectivity index (χ0) is 12.8. The number of aromatic hydroxyl groups is 1. The van der Waals surface area contributed by atoms with Gasteiger partial charge in [0.1, 0.15) is 5.75 Å². The molecule has 2 bridgehead atoms. The fourth-order valence-electron chi connectivity index (χ4n) is 3.36. The largest absolute Gasteiger partial charge is 0.508 e. The van der Waals surface area contributed by atoms with Gasteiger partial charge in [-0.2, -0.15) is 0 Å². The van der Waals surface area contributed by atoms with E-state index in [4.69, 9.17) is 0 Å². The van der Waals surface area contributed by atoms with Crippen LogP contribution in [0.3, 0.4) is 0 Å². The van der Waals surface area contributed by atoms with Crippen molar-refractivity contribution in [2.75, 3.05) is 13.1 Å². The van der Waals surface area contributed by atoms with E-state index in [0.717, 1.165) is 11.3 Å².